The van der Waals surface area contributed by atoms with E-state index in [1.54, 1.807) is 11.1 Å². The van der Waals surface area contributed by atoms with E-state index in [-0.39, 0.29) is 0 Å². The Morgan fingerprint density at radius 1 is 1.00 bits per heavy atom. The Kier molecular flexibility index (Phi) is 5.17. The number of hydrogen-bond acceptors (Lipinski definition) is 0. The van der Waals surface area contributed by atoms with Crippen molar-refractivity contribution in [2.24, 2.45) is 11.8 Å². The van der Waals surface area contributed by atoms with Crippen LogP contribution in [0.15, 0.2) is 42.0 Å². The molecule has 1 saturated carbocycles. The molecule has 0 heteroatoms. The maximum absolute atomic E-state index is 2.69. The van der Waals surface area contributed by atoms with E-state index in [0.29, 0.717) is 0 Å². The van der Waals surface area contributed by atoms with Crippen molar-refractivity contribution in [3.63, 3.8) is 0 Å². The molecule has 3 rings (SSSR count). The molecule has 0 N–H and O–H groups in total. The molecule has 0 saturated heterocycles. The van der Waals surface area contributed by atoms with E-state index in [0.717, 1.165) is 17.8 Å². The Morgan fingerprint density at radius 2 is 1.86 bits per heavy atom. The normalized spacial score (nSPS) is 28.8. The van der Waals surface area contributed by atoms with Gasteiger partial charge in [0, 0.05) is 0 Å². The predicted molar refractivity (Wildman–Crippen MR) is 91.5 cm³/mol. The van der Waals surface area contributed by atoms with E-state index in [1.807, 2.05) is 0 Å². The van der Waals surface area contributed by atoms with Gasteiger partial charge in [0.15, 0.2) is 0 Å². The zero-order valence-electron chi connectivity index (χ0n) is 13.6. The highest BCUT2D eigenvalue weighted by Crippen LogP contribution is 2.45. The van der Waals surface area contributed by atoms with Crippen molar-refractivity contribution < 1.29 is 0 Å². The third-order valence-corrected chi connectivity index (χ3v) is 5.70. The summed E-state index contributed by atoms with van der Waals surface area (Å²) in [7, 11) is 0. The molecule has 1 fully saturated rings. The summed E-state index contributed by atoms with van der Waals surface area (Å²) in [5.74, 6) is 2.68. The van der Waals surface area contributed by atoms with Gasteiger partial charge >= 0.3 is 0 Å². The summed E-state index contributed by atoms with van der Waals surface area (Å²) in [6, 6.07) is 11.2. The minimum atomic E-state index is 0.822. The van der Waals surface area contributed by atoms with Crippen molar-refractivity contribution in [1.82, 2.24) is 0 Å². The van der Waals surface area contributed by atoms with Crippen LogP contribution in [0.25, 0.3) is 0 Å². The van der Waals surface area contributed by atoms with Gasteiger partial charge in [-0.15, -0.1) is 0 Å². The maximum Gasteiger partial charge on any atom is -0.0159 e. The quantitative estimate of drug-likeness (QED) is 0.428. The Bertz CT molecular complexity index is 456. The smallest absolute Gasteiger partial charge is 0.0159 e. The summed E-state index contributed by atoms with van der Waals surface area (Å²) in [6.07, 6.45) is 15.3. The summed E-state index contributed by atoms with van der Waals surface area (Å²) in [4.78, 5) is 0. The number of fused-ring (bicyclic) bond motifs is 1. The fourth-order valence-electron chi connectivity index (χ4n) is 4.43. The van der Waals surface area contributed by atoms with Gasteiger partial charge < -0.3 is 0 Å². The summed E-state index contributed by atoms with van der Waals surface area (Å²) < 4.78 is 0. The van der Waals surface area contributed by atoms with E-state index in [2.05, 4.69) is 43.3 Å². The van der Waals surface area contributed by atoms with Crippen molar-refractivity contribution in [3.8, 4) is 0 Å². The van der Waals surface area contributed by atoms with Crippen molar-refractivity contribution in [2.75, 3.05) is 0 Å². The first kappa shape index (κ1) is 14.9. The first-order valence-corrected chi connectivity index (χ1v) is 9.11. The molecule has 0 amide bonds. The van der Waals surface area contributed by atoms with E-state index < -0.39 is 0 Å². The first-order chi connectivity index (χ1) is 10.4. The van der Waals surface area contributed by atoms with E-state index >= 15 is 0 Å². The van der Waals surface area contributed by atoms with Crippen molar-refractivity contribution in [3.05, 3.63) is 47.5 Å². The van der Waals surface area contributed by atoms with Crippen LogP contribution in [0.4, 0.5) is 0 Å². The third-order valence-electron chi connectivity index (χ3n) is 5.70. The molecule has 0 aromatic heterocycles. The molecule has 0 nitrogen and oxygen atoms in total. The summed E-state index contributed by atoms with van der Waals surface area (Å²) in [5.41, 5.74) is 3.36. The van der Waals surface area contributed by atoms with Gasteiger partial charge in [0.25, 0.3) is 0 Å². The summed E-state index contributed by atoms with van der Waals surface area (Å²) >= 11 is 0. The second-order valence-electron chi connectivity index (χ2n) is 7.17. The van der Waals surface area contributed by atoms with E-state index in [9.17, 15) is 0 Å². The topological polar surface area (TPSA) is 0 Å². The van der Waals surface area contributed by atoms with Crippen LogP contribution in [-0.4, -0.2) is 0 Å². The van der Waals surface area contributed by atoms with Crippen LogP contribution in [0.1, 0.15) is 76.2 Å². The van der Waals surface area contributed by atoms with Gasteiger partial charge in [0.1, 0.15) is 0 Å². The van der Waals surface area contributed by atoms with Gasteiger partial charge in [-0.3, -0.25) is 0 Å². The Labute approximate surface area is 130 Å². The van der Waals surface area contributed by atoms with Crippen LogP contribution in [0, 0.1) is 11.8 Å². The van der Waals surface area contributed by atoms with Gasteiger partial charge in [-0.2, -0.15) is 0 Å². The van der Waals surface area contributed by atoms with Crippen molar-refractivity contribution in [1.29, 1.82) is 0 Å². The van der Waals surface area contributed by atoms with E-state index in [1.165, 1.54) is 57.8 Å². The second kappa shape index (κ2) is 7.29. The van der Waals surface area contributed by atoms with Crippen LogP contribution in [0.5, 0.6) is 0 Å². The lowest BCUT2D eigenvalue weighted by atomic mass is 9.67. The molecule has 2 aliphatic rings. The molecule has 0 bridgehead atoms. The number of benzene rings is 1. The highest BCUT2D eigenvalue weighted by atomic mass is 14.4. The number of hydrogen-bond donors (Lipinski definition) is 0. The molecular weight excluding hydrogens is 252 g/mol. The Hall–Kier alpha value is -1.04. The first-order valence-electron chi connectivity index (χ1n) is 9.11. The monoisotopic (exact) mass is 282 g/mol. The van der Waals surface area contributed by atoms with Crippen LogP contribution in [0.3, 0.4) is 0 Å². The third kappa shape index (κ3) is 3.78. The zero-order valence-corrected chi connectivity index (χ0v) is 13.6. The fourth-order valence-corrected chi connectivity index (χ4v) is 4.43. The summed E-state index contributed by atoms with van der Waals surface area (Å²) in [6.45, 7) is 2.30. The molecule has 114 valence electrons. The molecule has 0 aliphatic heterocycles. The van der Waals surface area contributed by atoms with Crippen LogP contribution in [-0.2, 0) is 0 Å². The van der Waals surface area contributed by atoms with Gasteiger partial charge in [-0.05, 0) is 68.3 Å². The van der Waals surface area contributed by atoms with Crippen LogP contribution >= 0.6 is 0 Å². The fraction of sp³-hybridized carbons (Fsp3) is 0.619. The molecule has 1 aromatic carbocycles. The molecular formula is C21H30. The molecule has 21 heavy (non-hydrogen) atoms. The molecule has 3 atom stereocenters. The SMILES string of the molecule is CCCCCC1=CC2CCC(c3ccccc3)CC2CC1. The molecule has 1 aromatic rings. The molecule has 3 unspecified atom stereocenters. The average Bonchev–Trinajstić information content (AvgIpc) is 2.55. The molecule has 0 spiro atoms. The van der Waals surface area contributed by atoms with E-state index in [4.69, 9.17) is 0 Å². The minimum absolute atomic E-state index is 0.822. The molecule has 2 aliphatic carbocycles. The van der Waals surface area contributed by atoms with Gasteiger partial charge in [0.05, 0.1) is 0 Å². The molecule has 0 heterocycles. The lowest BCUT2D eigenvalue weighted by molar-refractivity contribution is 0.230. The van der Waals surface area contributed by atoms with Crippen molar-refractivity contribution in [2.45, 2.75) is 70.6 Å². The minimum Gasteiger partial charge on any atom is -0.0819 e. The highest BCUT2D eigenvalue weighted by Gasteiger charge is 2.32. The van der Waals surface area contributed by atoms with Gasteiger partial charge in [-0.1, -0.05) is 61.7 Å². The molecule has 0 radical (unpaired) electrons. The van der Waals surface area contributed by atoms with Crippen LogP contribution in [0.2, 0.25) is 0 Å². The predicted octanol–water partition coefficient (Wildman–Crippen LogP) is 6.49. The van der Waals surface area contributed by atoms with Gasteiger partial charge in [0.2, 0.25) is 0 Å². The lowest BCUT2D eigenvalue weighted by Gasteiger charge is -2.38. The number of allylic oxidation sites excluding steroid dienone is 2. The van der Waals surface area contributed by atoms with Gasteiger partial charge in [-0.25, -0.2) is 0 Å². The maximum atomic E-state index is 2.69. The largest absolute Gasteiger partial charge is 0.0819 e. The Morgan fingerprint density at radius 3 is 2.67 bits per heavy atom. The highest BCUT2D eigenvalue weighted by molar-refractivity contribution is 5.21. The zero-order chi connectivity index (χ0) is 14.5. The van der Waals surface area contributed by atoms with Crippen molar-refractivity contribution >= 4 is 0 Å². The lowest BCUT2D eigenvalue weighted by Crippen LogP contribution is -2.25. The van der Waals surface area contributed by atoms with Crippen LogP contribution < -0.4 is 0 Å². The standard InChI is InChI=1S/C21H30/c1-2-3-5-8-17-11-12-21-16-20(14-13-19(21)15-17)18-9-6-4-7-10-18/h4,6-7,9-10,15,19-21H,2-3,5,8,11-14,16H2,1H3. The Balaban J connectivity index is 1.58. The summed E-state index contributed by atoms with van der Waals surface area (Å²) in [5, 5.41) is 0. The number of unbranched alkanes of at least 4 members (excludes halogenated alkanes) is 2. The second-order valence-corrected chi connectivity index (χ2v) is 7.17. The number of rotatable bonds is 5. The average molecular weight is 282 g/mol.